The van der Waals surface area contributed by atoms with Crippen molar-refractivity contribution in [3.63, 3.8) is 0 Å². The summed E-state index contributed by atoms with van der Waals surface area (Å²) in [6, 6.07) is 8.01. The van der Waals surface area contributed by atoms with Gasteiger partial charge < -0.3 is 0 Å². The lowest BCUT2D eigenvalue weighted by atomic mass is 9.85. The summed E-state index contributed by atoms with van der Waals surface area (Å²) in [4.78, 5) is 9.08. The number of rotatable bonds is 3. The molecule has 84 valence electrons. The van der Waals surface area contributed by atoms with Crippen LogP contribution in [-0.2, 0) is 6.42 Å². The van der Waals surface area contributed by atoms with E-state index in [4.69, 9.17) is 0 Å². The van der Waals surface area contributed by atoms with Crippen LogP contribution in [0.15, 0.2) is 30.5 Å². The summed E-state index contributed by atoms with van der Waals surface area (Å²) >= 11 is 0. The average molecular weight is 214 g/mol. The van der Waals surface area contributed by atoms with E-state index in [1.54, 1.807) is 0 Å². The van der Waals surface area contributed by atoms with Crippen LogP contribution in [0.1, 0.15) is 32.9 Å². The Bertz CT molecular complexity index is 489. The van der Waals surface area contributed by atoms with Gasteiger partial charge in [0.25, 0.3) is 0 Å². The van der Waals surface area contributed by atoms with Gasteiger partial charge in [0.15, 0.2) is 0 Å². The van der Waals surface area contributed by atoms with Crippen molar-refractivity contribution in [2.45, 2.75) is 33.6 Å². The number of hydrogen-bond donors (Lipinski definition) is 0. The lowest BCUT2D eigenvalue weighted by Gasteiger charge is -2.21. The monoisotopic (exact) mass is 214 g/mol. The summed E-state index contributed by atoms with van der Waals surface area (Å²) in [5.41, 5.74) is 3.36. The molecule has 0 amide bonds. The van der Waals surface area contributed by atoms with Crippen LogP contribution in [0.25, 0.3) is 11.0 Å². The molecule has 0 spiro atoms. The molecule has 2 rings (SSSR count). The first-order valence-electron chi connectivity index (χ1n) is 5.81. The number of hydrogen-bond acceptors (Lipinski definition) is 2. The van der Waals surface area contributed by atoms with E-state index in [-0.39, 0.29) is 0 Å². The molecule has 2 aromatic rings. The first-order valence-corrected chi connectivity index (χ1v) is 5.81. The van der Waals surface area contributed by atoms with Gasteiger partial charge in [-0.25, -0.2) is 4.98 Å². The second-order valence-corrected chi connectivity index (χ2v) is 5.04. The Hall–Kier alpha value is -1.44. The zero-order valence-electron chi connectivity index (χ0n) is 10.2. The Morgan fingerprint density at radius 2 is 1.81 bits per heavy atom. The third-order valence-corrected chi connectivity index (χ3v) is 3.12. The molecule has 1 heterocycles. The van der Waals surface area contributed by atoms with E-state index in [1.165, 1.54) is 0 Å². The van der Waals surface area contributed by atoms with Crippen molar-refractivity contribution in [2.75, 3.05) is 0 Å². The normalized spacial score (nSPS) is 11.9. The van der Waals surface area contributed by atoms with Crippen molar-refractivity contribution in [1.29, 1.82) is 0 Å². The van der Waals surface area contributed by atoms with Crippen LogP contribution in [0.3, 0.4) is 0 Å². The van der Waals surface area contributed by atoms with Crippen molar-refractivity contribution in [2.24, 2.45) is 5.41 Å². The van der Waals surface area contributed by atoms with E-state index < -0.39 is 0 Å². The van der Waals surface area contributed by atoms with Gasteiger partial charge >= 0.3 is 0 Å². The molecule has 0 radical (unpaired) electrons. The maximum absolute atomic E-state index is 4.65. The molecule has 16 heavy (non-hydrogen) atoms. The number of para-hydroxylation sites is 2. The SMILES string of the molecule is CCC(C)(C)Cc1cnc2ccccc2n1. The van der Waals surface area contributed by atoms with E-state index in [9.17, 15) is 0 Å². The second kappa shape index (κ2) is 4.20. The van der Waals surface area contributed by atoms with Gasteiger partial charge in [-0.2, -0.15) is 0 Å². The standard InChI is InChI=1S/C14H18N2/c1-4-14(2,3)9-11-10-15-12-7-5-6-8-13(12)16-11/h5-8,10H,4,9H2,1-3H3. The third kappa shape index (κ3) is 2.38. The molecule has 0 fully saturated rings. The Labute approximate surface area is 96.7 Å². The van der Waals surface area contributed by atoms with Crippen molar-refractivity contribution in [3.8, 4) is 0 Å². The van der Waals surface area contributed by atoms with Crippen LogP contribution in [0.4, 0.5) is 0 Å². The lowest BCUT2D eigenvalue weighted by Crippen LogP contribution is -2.14. The zero-order valence-corrected chi connectivity index (χ0v) is 10.2. The maximum atomic E-state index is 4.65. The molecular formula is C14H18N2. The van der Waals surface area contributed by atoms with Gasteiger partial charge in [0.05, 0.1) is 16.7 Å². The number of benzene rings is 1. The molecule has 0 aliphatic carbocycles. The molecule has 0 atom stereocenters. The molecule has 0 N–H and O–H groups in total. The lowest BCUT2D eigenvalue weighted by molar-refractivity contribution is 0.345. The topological polar surface area (TPSA) is 25.8 Å². The molecule has 2 heteroatoms. The Balaban J connectivity index is 2.33. The number of nitrogens with zero attached hydrogens (tertiary/aromatic N) is 2. The molecule has 0 bridgehead atoms. The molecule has 2 nitrogen and oxygen atoms in total. The minimum Gasteiger partial charge on any atom is -0.253 e. The Kier molecular flexibility index (Phi) is 2.90. The first kappa shape index (κ1) is 11.1. The zero-order chi connectivity index (χ0) is 11.6. The van der Waals surface area contributed by atoms with Gasteiger partial charge in [0.2, 0.25) is 0 Å². The van der Waals surface area contributed by atoms with Gasteiger partial charge in [0, 0.05) is 6.20 Å². The highest BCUT2D eigenvalue weighted by Gasteiger charge is 2.16. The second-order valence-electron chi connectivity index (χ2n) is 5.04. The van der Waals surface area contributed by atoms with E-state index >= 15 is 0 Å². The predicted molar refractivity (Wildman–Crippen MR) is 67.3 cm³/mol. The van der Waals surface area contributed by atoms with Gasteiger partial charge in [-0.3, -0.25) is 4.98 Å². The minimum absolute atomic E-state index is 0.303. The van der Waals surface area contributed by atoms with Gasteiger partial charge in [-0.15, -0.1) is 0 Å². The number of fused-ring (bicyclic) bond motifs is 1. The van der Waals surface area contributed by atoms with E-state index in [0.29, 0.717) is 5.41 Å². The van der Waals surface area contributed by atoms with Crippen molar-refractivity contribution >= 4 is 11.0 Å². The van der Waals surface area contributed by atoms with Crippen molar-refractivity contribution in [1.82, 2.24) is 9.97 Å². The molecule has 0 aliphatic heterocycles. The molecule has 1 aromatic heterocycles. The number of aromatic nitrogens is 2. The molecular weight excluding hydrogens is 196 g/mol. The Morgan fingerprint density at radius 3 is 2.50 bits per heavy atom. The van der Waals surface area contributed by atoms with Crippen molar-refractivity contribution < 1.29 is 0 Å². The van der Waals surface area contributed by atoms with Crippen LogP contribution in [0.2, 0.25) is 0 Å². The molecule has 0 saturated carbocycles. The molecule has 1 aromatic carbocycles. The first-order chi connectivity index (χ1) is 7.61. The Morgan fingerprint density at radius 1 is 1.12 bits per heavy atom. The smallest absolute Gasteiger partial charge is 0.0890 e. The van der Waals surface area contributed by atoms with Gasteiger partial charge in [-0.1, -0.05) is 39.3 Å². The van der Waals surface area contributed by atoms with Gasteiger partial charge in [-0.05, 0) is 24.0 Å². The molecule has 0 unspecified atom stereocenters. The minimum atomic E-state index is 0.303. The van der Waals surface area contributed by atoms with E-state index in [1.807, 2.05) is 30.5 Å². The predicted octanol–water partition coefficient (Wildman–Crippen LogP) is 3.61. The molecule has 0 saturated heterocycles. The van der Waals surface area contributed by atoms with Crippen LogP contribution in [0.5, 0.6) is 0 Å². The van der Waals surface area contributed by atoms with Crippen LogP contribution >= 0.6 is 0 Å². The molecule has 0 aliphatic rings. The highest BCUT2D eigenvalue weighted by Crippen LogP contribution is 2.24. The van der Waals surface area contributed by atoms with Crippen LogP contribution in [-0.4, -0.2) is 9.97 Å². The summed E-state index contributed by atoms with van der Waals surface area (Å²) in [6.07, 6.45) is 4.04. The highest BCUT2D eigenvalue weighted by atomic mass is 14.8. The van der Waals surface area contributed by atoms with Crippen molar-refractivity contribution in [3.05, 3.63) is 36.2 Å². The maximum Gasteiger partial charge on any atom is 0.0890 e. The van der Waals surface area contributed by atoms with E-state index in [0.717, 1.165) is 29.6 Å². The van der Waals surface area contributed by atoms with Gasteiger partial charge in [0.1, 0.15) is 0 Å². The summed E-state index contributed by atoms with van der Waals surface area (Å²) in [5.74, 6) is 0. The highest BCUT2D eigenvalue weighted by molar-refractivity contribution is 5.73. The fourth-order valence-electron chi connectivity index (χ4n) is 1.70. The summed E-state index contributed by atoms with van der Waals surface area (Å²) in [7, 11) is 0. The van der Waals surface area contributed by atoms with Crippen LogP contribution < -0.4 is 0 Å². The summed E-state index contributed by atoms with van der Waals surface area (Å²) < 4.78 is 0. The fourth-order valence-corrected chi connectivity index (χ4v) is 1.70. The van der Waals surface area contributed by atoms with E-state index in [2.05, 4.69) is 30.7 Å². The summed E-state index contributed by atoms with van der Waals surface area (Å²) in [5, 5.41) is 0. The van der Waals surface area contributed by atoms with Crippen LogP contribution in [0, 0.1) is 5.41 Å². The average Bonchev–Trinajstić information content (AvgIpc) is 2.28. The summed E-state index contributed by atoms with van der Waals surface area (Å²) in [6.45, 7) is 6.75. The quantitative estimate of drug-likeness (QED) is 0.780. The largest absolute Gasteiger partial charge is 0.253 e. The third-order valence-electron chi connectivity index (χ3n) is 3.12. The fraction of sp³-hybridized carbons (Fsp3) is 0.429.